The Balaban J connectivity index is 2.42. The third kappa shape index (κ3) is 4.95. The minimum atomic E-state index is -0.251. The van der Waals surface area contributed by atoms with Gasteiger partial charge in [-0.2, -0.15) is 0 Å². The fourth-order valence-corrected chi connectivity index (χ4v) is 1.49. The summed E-state index contributed by atoms with van der Waals surface area (Å²) in [5.74, 6) is -0.285. The van der Waals surface area contributed by atoms with Gasteiger partial charge in [-0.15, -0.1) is 0 Å². The average molecular weight is 238 g/mol. The van der Waals surface area contributed by atoms with E-state index in [0.717, 1.165) is 5.56 Å². The van der Waals surface area contributed by atoms with E-state index in [9.17, 15) is 9.18 Å². The van der Waals surface area contributed by atoms with Crippen molar-refractivity contribution in [2.45, 2.75) is 32.9 Å². The standard InChI is InChI=1S/C13H19FN2O/c1-9(2)16-13(17)8-15-10(3)11-4-6-12(14)7-5-11/h4-7,9-10,15H,8H2,1-3H3,(H,16,17). The largest absolute Gasteiger partial charge is 0.353 e. The first-order valence-corrected chi connectivity index (χ1v) is 5.77. The van der Waals surface area contributed by atoms with Gasteiger partial charge in [-0.05, 0) is 38.5 Å². The van der Waals surface area contributed by atoms with Crippen molar-refractivity contribution in [2.24, 2.45) is 0 Å². The molecule has 4 heteroatoms. The van der Waals surface area contributed by atoms with Gasteiger partial charge in [-0.3, -0.25) is 4.79 Å². The second-order valence-electron chi connectivity index (χ2n) is 4.38. The van der Waals surface area contributed by atoms with E-state index in [2.05, 4.69) is 10.6 Å². The topological polar surface area (TPSA) is 41.1 Å². The minimum Gasteiger partial charge on any atom is -0.353 e. The fourth-order valence-electron chi connectivity index (χ4n) is 1.49. The number of halogens is 1. The maximum absolute atomic E-state index is 12.7. The van der Waals surface area contributed by atoms with Gasteiger partial charge in [0.05, 0.1) is 6.54 Å². The first-order valence-electron chi connectivity index (χ1n) is 5.77. The van der Waals surface area contributed by atoms with E-state index in [1.54, 1.807) is 12.1 Å². The molecule has 0 aliphatic heterocycles. The lowest BCUT2D eigenvalue weighted by atomic mass is 10.1. The summed E-state index contributed by atoms with van der Waals surface area (Å²) < 4.78 is 12.7. The molecule has 0 aliphatic carbocycles. The van der Waals surface area contributed by atoms with Crippen molar-refractivity contribution < 1.29 is 9.18 Å². The third-order valence-corrected chi connectivity index (χ3v) is 2.39. The highest BCUT2D eigenvalue weighted by atomic mass is 19.1. The van der Waals surface area contributed by atoms with Gasteiger partial charge in [0, 0.05) is 12.1 Å². The van der Waals surface area contributed by atoms with Crippen LogP contribution in [0, 0.1) is 5.82 Å². The predicted molar refractivity (Wildman–Crippen MR) is 66.1 cm³/mol. The molecule has 0 saturated heterocycles. The summed E-state index contributed by atoms with van der Waals surface area (Å²) in [4.78, 5) is 11.4. The summed E-state index contributed by atoms with van der Waals surface area (Å²) >= 11 is 0. The number of rotatable bonds is 5. The third-order valence-electron chi connectivity index (χ3n) is 2.39. The van der Waals surface area contributed by atoms with E-state index < -0.39 is 0 Å². The molecule has 0 aliphatic rings. The zero-order valence-electron chi connectivity index (χ0n) is 10.5. The highest BCUT2D eigenvalue weighted by Gasteiger charge is 2.08. The number of hydrogen-bond donors (Lipinski definition) is 2. The zero-order valence-corrected chi connectivity index (χ0v) is 10.5. The van der Waals surface area contributed by atoms with E-state index in [1.807, 2.05) is 20.8 Å². The number of nitrogens with one attached hydrogen (secondary N) is 2. The number of hydrogen-bond acceptors (Lipinski definition) is 2. The van der Waals surface area contributed by atoms with Gasteiger partial charge in [0.15, 0.2) is 0 Å². The quantitative estimate of drug-likeness (QED) is 0.823. The van der Waals surface area contributed by atoms with Crippen LogP contribution in [0.15, 0.2) is 24.3 Å². The second kappa shape index (κ2) is 6.35. The molecule has 1 aromatic carbocycles. The van der Waals surface area contributed by atoms with Gasteiger partial charge < -0.3 is 10.6 Å². The minimum absolute atomic E-state index is 0.0218. The number of carbonyl (C=O) groups is 1. The molecule has 0 spiro atoms. The lowest BCUT2D eigenvalue weighted by Crippen LogP contribution is -2.38. The van der Waals surface area contributed by atoms with Crippen LogP contribution in [-0.2, 0) is 4.79 Å². The maximum atomic E-state index is 12.7. The van der Waals surface area contributed by atoms with Crippen LogP contribution in [0.5, 0.6) is 0 Å². The molecule has 2 N–H and O–H groups in total. The predicted octanol–water partition coefficient (Wildman–Crippen LogP) is 2.00. The Morgan fingerprint density at radius 2 is 1.82 bits per heavy atom. The van der Waals surface area contributed by atoms with Crippen molar-refractivity contribution in [3.8, 4) is 0 Å². The lowest BCUT2D eigenvalue weighted by molar-refractivity contribution is -0.120. The second-order valence-corrected chi connectivity index (χ2v) is 4.38. The van der Waals surface area contributed by atoms with Gasteiger partial charge in [0.2, 0.25) is 5.91 Å². The molecule has 94 valence electrons. The van der Waals surface area contributed by atoms with Crippen molar-refractivity contribution >= 4 is 5.91 Å². The summed E-state index contributed by atoms with van der Waals surface area (Å²) in [5, 5.41) is 5.89. The molecule has 1 amide bonds. The SMILES string of the molecule is CC(C)NC(=O)CNC(C)c1ccc(F)cc1. The molecule has 3 nitrogen and oxygen atoms in total. The van der Waals surface area contributed by atoms with Crippen molar-refractivity contribution in [2.75, 3.05) is 6.54 Å². The van der Waals surface area contributed by atoms with Crippen molar-refractivity contribution in [3.05, 3.63) is 35.6 Å². The Morgan fingerprint density at radius 1 is 1.24 bits per heavy atom. The van der Waals surface area contributed by atoms with Crippen molar-refractivity contribution in [3.63, 3.8) is 0 Å². The first-order chi connectivity index (χ1) is 7.99. The van der Waals surface area contributed by atoms with Gasteiger partial charge in [0.1, 0.15) is 5.82 Å². The summed E-state index contributed by atoms with van der Waals surface area (Å²) in [6, 6.07) is 6.43. The van der Waals surface area contributed by atoms with E-state index in [1.165, 1.54) is 12.1 Å². The van der Waals surface area contributed by atoms with Crippen molar-refractivity contribution in [1.29, 1.82) is 0 Å². The van der Waals surface area contributed by atoms with Gasteiger partial charge in [0.25, 0.3) is 0 Å². The summed E-state index contributed by atoms with van der Waals surface area (Å²) in [6.45, 7) is 6.04. The van der Waals surface area contributed by atoms with Gasteiger partial charge in [-0.25, -0.2) is 4.39 Å². The molecule has 1 unspecified atom stereocenters. The summed E-state index contributed by atoms with van der Waals surface area (Å²) in [5.41, 5.74) is 0.962. The molecule has 1 atom stereocenters. The molecule has 0 fully saturated rings. The molecule has 0 radical (unpaired) electrons. The van der Waals surface area contributed by atoms with E-state index >= 15 is 0 Å². The first kappa shape index (κ1) is 13.6. The van der Waals surface area contributed by atoms with Crippen LogP contribution in [0.25, 0.3) is 0 Å². The Morgan fingerprint density at radius 3 is 2.35 bits per heavy atom. The molecular formula is C13H19FN2O. The van der Waals surface area contributed by atoms with Crippen LogP contribution < -0.4 is 10.6 Å². The van der Waals surface area contributed by atoms with Crippen molar-refractivity contribution in [1.82, 2.24) is 10.6 Å². The smallest absolute Gasteiger partial charge is 0.234 e. The molecule has 17 heavy (non-hydrogen) atoms. The monoisotopic (exact) mass is 238 g/mol. The summed E-state index contributed by atoms with van der Waals surface area (Å²) in [6.07, 6.45) is 0. The van der Waals surface area contributed by atoms with E-state index in [0.29, 0.717) is 0 Å². The normalized spacial score (nSPS) is 12.5. The van der Waals surface area contributed by atoms with Crippen LogP contribution >= 0.6 is 0 Å². The Labute approximate surface area is 101 Å². The van der Waals surface area contributed by atoms with Gasteiger partial charge >= 0.3 is 0 Å². The molecule has 0 bridgehead atoms. The number of amides is 1. The van der Waals surface area contributed by atoms with Crippen LogP contribution in [-0.4, -0.2) is 18.5 Å². The van der Waals surface area contributed by atoms with Crippen LogP contribution in [0.4, 0.5) is 4.39 Å². The lowest BCUT2D eigenvalue weighted by Gasteiger charge is -2.15. The molecular weight excluding hydrogens is 219 g/mol. The Hall–Kier alpha value is -1.42. The summed E-state index contributed by atoms with van der Waals surface area (Å²) in [7, 11) is 0. The number of benzene rings is 1. The van der Waals surface area contributed by atoms with Crippen LogP contribution in [0.2, 0.25) is 0 Å². The van der Waals surface area contributed by atoms with Gasteiger partial charge in [-0.1, -0.05) is 12.1 Å². The van der Waals surface area contributed by atoms with Crippen LogP contribution in [0.3, 0.4) is 0 Å². The maximum Gasteiger partial charge on any atom is 0.234 e. The molecule has 1 aromatic rings. The molecule has 1 rings (SSSR count). The highest BCUT2D eigenvalue weighted by Crippen LogP contribution is 2.12. The fraction of sp³-hybridized carbons (Fsp3) is 0.462. The van der Waals surface area contributed by atoms with Crippen LogP contribution in [0.1, 0.15) is 32.4 Å². The molecule has 0 aromatic heterocycles. The highest BCUT2D eigenvalue weighted by molar-refractivity contribution is 5.78. The van der Waals surface area contributed by atoms with E-state index in [4.69, 9.17) is 0 Å². The average Bonchev–Trinajstić information content (AvgIpc) is 2.26. The Bertz CT molecular complexity index is 362. The Kier molecular flexibility index (Phi) is 5.10. The zero-order chi connectivity index (χ0) is 12.8. The van der Waals surface area contributed by atoms with E-state index in [-0.39, 0.29) is 30.4 Å². The molecule has 0 heterocycles. The molecule has 0 saturated carbocycles. The number of carbonyl (C=O) groups excluding carboxylic acids is 1.